The van der Waals surface area contributed by atoms with Crippen LogP contribution in [0.4, 0.5) is 0 Å². The van der Waals surface area contributed by atoms with Gasteiger partial charge in [-0.2, -0.15) is 4.31 Å². The number of nitrogens with zero attached hydrogens (tertiary/aromatic N) is 2. The first-order valence-electron chi connectivity index (χ1n) is 6.13. The Morgan fingerprint density at radius 3 is 3.00 bits per heavy atom. The molecule has 0 aliphatic carbocycles. The van der Waals surface area contributed by atoms with Gasteiger partial charge in [-0.3, -0.25) is 0 Å². The van der Waals surface area contributed by atoms with E-state index in [1.807, 2.05) is 0 Å². The SMILES string of the molecule is CN(CC1CCCOC1)S(=O)(=O)c1scnc1C(=O)O. The van der Waals surface area contributed by atoms with Crippen LogP contribution in [0.3, 0.4) is 0 Å². The van der Waals surface area contributed by atoms with Crippen molar-refractivity contribution < 1.29 is 23.1 Å². The van der Waals surface area contributed by atoms with Crippen LogP contribution in [0.15, 0.2) is 9.72 Å². The van der Waals surface area contributed by atoms with Gasteiger partial charge in [0.2, 0.25) is 0 Å². The van der Waals surface area contributed by atoms with Crippen molar-refractivity contribution in [2.24, 2.45) is 5.92 Å². The van der Waals surface area contributed by atoms with Gasteiger partial charge in [-0.25, -0.2) is 18.2 Å². The first kappa shape index (κ1) is 15.4. The van der Waals surface area contributed by atoms with Crippen molar-refractivity contribution in [1.82, 2.24) is 9.29 Å². The van der Waals surface area contributed by atoms with Crippen LogP contribution < -0.4 is 0 Å². The molecule has 9 heteroatoms. The van der Waals surface area contributed by atoms with Crippen molar-refractivity contribution in [3.8, 4) is 0 Å². The smallest absolute Gasteiger partial charge is 0.356 e. The quantitative estimate of drug-likeness (QED) is 0.865. The molecule has 0 radical (unpaired) electrons. The van der Waals surface area contributed by atoms with Crippen molar-refractivity contribution in [3.63, 3.8) is 0 Å². The second kappa shape index (κ2) is 6.17. The molecule has 1 aliphatic heterocycles. The van der Waals surface area contributed by atoms with Crippen LogP contribution in [-0.2, 0) is 14.8 Å². The molecule has 0 bridgehead atoms. The molecule has 1 atom stereocenters. The summed E-state index contributed by atoms with van der Waals surface area (Å²) in [5.41, 5.74) is 0.815. The topological polar surface area (TPSA) is 96.8 Å². The predicted molar refractivity (Wildman–Crippen MR) is 72.4 cm³/mol. The lowest BCUT2D eigenvalue weighted by molar-refractivity contribution is 0.0495. The first-order chi connectivity index (χ1) is 9.43. The summed E-state index contributed by atoms with van der Waals surface area (Å²) in [6.07, 6.45) is 1.83. The summed E-state index contributed by atoms with van der Waals surface area (Å²) in [6.45, 7) is 1.57. The Balaban J connectivity index is 2.16. The minimum atomic E-state index is -3.82. The van der Waals surface area contributed by atoms with Crippen LogP contribution in [-0.4, -0.2) is 55.6 Å². The average Bonchev–Trinajstić information content (AvgIpc) is 2.89. The van der Waals surface area contributed by atoms with Crippen molar-refractivity contribution in [2.45, 2.75) is 17.1 Å². The Labute approximate surface area is 121 Å². The van der Waals surface area contributed by atoms with Crippen molar-refractivity contribution >= 4 is 27.3 Å². The molecule has 7 nitrogen and oxygen atoms in total. The summed E-state index contributed by atoms with van der Waals surface area (Å²) in [7, 11) is -2.36. The summed E-state index contributed by atoms with van der Waals surface area (Å²) < 4.78 is 31.1. The molecule has 2 rings (SSSR count). The van der Waals surface area contributed by atoms with Crippen LogP contribution in [0.5, 0.6) is 0 Å². The molecule has 1 aromatic rings. The van der Waals surface area contributed by atoms with Crippen LogP contribution in [0.25, 0.3) is 0 Å². The molecule has 2 heterocycles. The minimum Gasteiger partial charge on any atom is -0.476 e. The number of sulfonamides is 1. The van der Waals surface area contributed by atoms with Crippen molar-refractivity contribution in [1.29, 1.82) is 0 Å². The molecule has 1 saturated heterocycles. The van der Waals surface area contributed by atoms with E-state index in [2.05, 4.69) is 4.98 Å². The van der Waals surface area contributed by atoms with Crippen LogP contribution in [0, 0.1) is 5.92 Å². The predicted octanol–water partition coefficient (Wildman–Crippen LogP) is 0.888. The molecule has 0 aromatic carbocycles. The second-order valence-electron chi connectivity index (χ2n) is 4.66. The number of thiazole rings is 1. The lowest BCUT2D eigenvalue weighted by Gasteiger charge is -2.26. The third-order valence-electron chi connectivity index (χ3n) is 3.15. The Kier molecular flexibility index (Phi) is 4.74. The number of carboxylic acids is 1. The maximum Gasteiger partial charge on any atom is 0.356 e. The molecule has 112 valence electrons. The van der Waals surface area contributed by atoms with E-state index < -0.39 is 21.7 Å². The third-order valence-corrected chi connectivity index (χ3v) is 6.32. The Morgan fingerprint density at radius 1 is 1.65 bits per heavy atom. The van der Waals surface area contributed by atoms with Gasteiger partial charge in [-0.15, -0.1) is 11.3 Å². The zero-order valence-corrected chi connectivity index (χ0v) is 12.6. The number of hydrogen-bond donors (Lipinski definition) is 1. The van der Waals surface area contributed by atoms with Gasteiger partial charge in [0.05, 0.1) is 12.1 Å². The number of carbonyl (C=O) groups is 1. The highest BCUT2D eigenvalue weighted by Gasteiger charge is 2.31. The standard InChI is InChI=1S/C11H16N2O5S2/c1-13(5-8-3-2-4-18-6-8)20(16,17)11-9(10(14)15)12-7-19-11/h7-8H,2-6H2,1H3,(H,14,15). The van der Waals surface area contributed by atoms with E-state index in [9.17, 15) is 13.2 Å². The average molecular weight is 320 g/mol. The van der Waals surface area contributed by atoms with Gasteiger partial charge in [-0.05, 0) is 18.8 Å². The fourth-order valence-electron chi connectivity index (χ4n) is 2.12. The van der Waals surface area contributed by atoms with Gasteiger partial charge in [0, 0.05) is 20.2 Å². The fourth-order valence-corrected chi connectivity index (χ4v) is 4.69. The summed E-state index contributed by atoms with van der Waals surface area (Å²) >= 11 is 0.822. The maximum atomic E-state index is 12.4. The number of aromatic nitrogens is 1. The molecule has 0 saturated carbocycles. The largest absolute Gasteiger partial charge is 0.476 e. The minimum absolute atomic E-state index is 0.143. The number of ether oxygens (including phenoxy) is 1. The lowest BCUT2D eigenvalue weighted by atomic mass is 10.0. The highest BCUT2D eigenvalue weighted by Crippen LogP contribution is 2.25. The van der Waals surface area contributed by atoms with E-state index >= 15 is 0 Å². The van der Waals surface area contributed by atoms with Crippen LogP contribution >= 0.6 is 11.3 Å². The molecule has 1 N–H and O–H groups in total. The van der Waals surface area contributed by atoms with Gasteiger partial charge in [-0.1, -0.05) is 0 Å². The molecule has 1 aromatic heterocycles. The highest BCUT2D eigenvalue weighted by molar-refractivity contribution is 7.91. The number of hydrogen-bond acceptors (Lipinski definition) is 6. The summed E-state index contributed by atoms with van der Waals surface area (Å²) in [4.78, 5) is 14.6. The Morgan fingerprint density at radius 2 is 2.40 bits per heavy atom. The molecule has 0 amide bonds. The van der Waals surface area contributed by atoms with Crippen LogP contribution in [0.1, 0.15) is 23.3 Å². The maximum absolute atomic E-state index is 12.4. The molecule has 1 unspecified atom stereocenters. The summed E-state index contributed by atoms with van der Waals surface area (Å²) in [5, 5.41) is 8.96. The molecule has 20 heavy (non-hydrogen) atoms. The fraction of sp³-hybridized carbons (Fsp3) is 0.636. The highest BCUT2D eigenvalue weighted by atomic mass is 32.2. The Hall–Kier alpha value is -1.03. The number of carboxylic acid groups (broad SMARTS) is 1. The first-order valence-corrected chi connectivity index (χ1v) is 8.45. The van der Waals surface area contributed by atoms with E-state index in [1.165, 1.54) is 16.9 Å². The van der Waals surface area contributed by atoms with Gasteiger partial charge < -0.3 is 9.84 Å². The lowest BCUT2D eigenvalue weighted by Crippen LogP contribution is -2.35. The summed E-state index contributed by atoms with van der Waals surface area (Å²) in [5.74, 6) is -1.19. The van der Waals surface area contributed by atoms with Crippen molar-refractivity contribution in [3.05, 3.63) is 11.2 Å². The molecular formula is C11H16N2O5S2. The zero-order valence-electron chi connectivity index (χ0n) is 11.0. The second-order valence-corrected chi connectivity index (χ2v) is 7.76. The van der Waals surface area contributed by atoms with Gasteiger partial charge >= 0.3 is 5.97 Å². The number of rotatable bonds is 5. The molecule has 1 aliphatic rings. The molecular weight excluding hydrogens is 304 g/mol. The van der Waals surface area contributed by atoms with E-state index in [0.29, 0.717) is 19.8 Å². The van der Waals surface area contributed by atoms with Crippen LogP contribution in [0.2, 0.25) is 0 Å². The van der Waals surface area contributed by atoms with Crippen molar-refractivity contribution in [2.75, 3.05) is 26.8 Å². The molecule has 0 spiro atoms. The molecule has 1 fully saturated rings. The van der Waals surface area contributed by atoms with E-state index in [1.54, 1.807) is 0 Å². The normalized spacial score (nSPS) is 20.2. The van der Waals surface area contributed by atoms with Gasteiger partial charge in [0.25, 0.3) is 10.0 Å². The van der Waals surface area contributed by atoms with Gasteiger partial charge in [0.15, 0.2) is 9.90 Å². The third kappa shape index (κ3) is 3.17. The van der Waals surface area contributed by atoms with E-state index in [-0.39, 0.29) is 10.1 Å². The van der Waals surface area contributed by atoms with E-state index in [0.717, 1.165) is 24.2 Å². The van der Waals surface area contributed by atoms with E-state index in [4.69, 9.17) is 9.84 Å². The zero-order chi connectivity index (χ0) is 14.8. The Bertz CT molecular complexity index is 577. The van der Waals surface area contributed by atoms with Gasteiger partial charge in [0.1, 0.15) is 0 Å². The summed E-state index contributed by atoms with van der Waals surface area (Å²) in [6, 6.07) is 0. The monoisotopic (exact) mass is 320 g/mol. The number of aromatic carboxylic acids is 1.